The predicted octanol–water partition coefficient (Wildman–Crippen LogP) is 4.57. The van der Waals surface area contributed by atoms with Gasteiger partial charge in [-0.25, -0.2) is 0 Å². The van der Waals surface area contributed by atoms with Crippen LogP contribution in [0.15, 0.2) is 71.9 Å². The number of fused-ring (bicyclic) bond motifs is 1. The Bertz CT molecular complexity index is 1230. The van der Waals surface area contributed by atoms with Crippen LogP contribution in [0.2, 0.25) is 0 Å². The van der Waals surface area contributed by atoms with Gasteiger partial charge in [-0.1, -0.05) is 48.2 Å². The van der Waals surface area contributed by atoms with Gasteiger partial charge in [0.15, 0.2) is 16.8 Å². The third kappa shape index (κ3) is 4.26. The Labute approximate surface area is 178 Å². The number of ketones is 1. The highest BCUT2D eigenvalue weighted by Gasteiger charge is 2.13. The average molecular weight is 417 g/mol. The van der Waals surface area contributed by atoms with Crippen molar-refractivity contribution in [3.63, 3.8) is 0 Å². The van der Waals surface area contributed by atoms with E-state index in [1.54, 1.807) is 24.3 Å². The number of aromatic nitrogens is 3. The second-order valence-electron chi connectivity index (χ2n) is 6.90. The maximum Gasteiger partial charge on any atom is 0.234 e. The predicted molar refractivity (Wildman–Crippen MR) is 120 cm³/mol. The molecule has 1 heterocycles. The summed E-state index contributed by atoms with van der Waals surface area (Å²) >= 11 is 1.32. The quantitative estimate of drug-likeness (QED) is 0.368. The lowest BCUT2D eigenvalue weighted by molar-refractivity contribution is -0.113. The zero-order valence-electron chi connectivity index (χ0n) is 16.6. The van der Waals surface area contributed by atoms with E-state index in [9.17, 15) is 9.59 Å². The van der Waals surface area contributed by atoms with E-state index in [-0.39, 0.29) is 17.4 Å². The molecule has 0 unspecified atom stereocenters. The molecule has 4 rings (SSSR count). The molecule has 0 radical (unpaired) electrons. The average Bonchev–Trinajstić information content (AvgIpc) is 3.12. The second-order valence-corrected chi connectivity index (χ2v) is 7.84. The maximum absolute atomic E-state index is 12.3. The Kier molecular flexibility index (Phi) is 5.63. The third-order valence-corrected chi connectivity index (χ3v) is 5.77. The van der Waals surface area contributed by atoms with Crippen LogP contribution >= 0.6 is 11.8 Å². The standard InChI is InChI=1S/C23H20N4O2S/c1-15(28)16-9-11-20(12-10-16)24-21(29)14-30-23-26-25-22(27(23)2)19-8-7-17-5-3-4-6-18(17)13-19/h3-13H,14H2,1-2H3,(H,24,29). The fraction of sp³-hybridized carbons (Fsp3) is 0.130. The fourth-order valence-electron chi connectivity index (χ4n) is 3.14. The maximum atomic E-state index is 12.3. The summed E-state index contributed by atoms with van der Waals surface area (Å²) < 4.78 is 1.89. The highest BCUT2D eigenvalue weighted by Crippen LogP contribution is 2.26. The minimum atomic E-state index is -0.147. The summed E-state index contributed by atoms with van der Waals surface area (Å²) in [6.07, 6.45) is 0. The van der Waals surface area contributed by atoms with Gasteiger partial charge in [0.1, 0.15) is 0 Å². The van der Waals surface area contributed by atoms with Crippen molar-refractivity contribution in [3.05, 3.63) is 72.3 Å². The molecule has 0 aliphatic heterocycles. The monoisotopic (exact) mass is 416 g/mol. The normalized spacial score (nSPS) is 10.9. The number of nitrogens with zero attached hydrogens (tertiary/aromatic N) is 3. The first kappa shape index (κ1) is 19.8. The van der Waals surface area contributed by atoms with Crippen molar-refractivity contribution in [3.8, 4) is 11.4 Å². The number of Topliss-reactive ketones (excluding diaryl/α,β-unsaturated/α-hetero) is 1. The number of carbonyl (C=O) groups is 2. The summed E-state index contributed by atoms with van der Waals surface area (Å²) in [6.45, 7) is 1.51. The molecule has 7 heteroatoms. The van der Waals surface area contributed by atoms with Crippen molar-refractivity contribution in [1.29, 1.82) is 0 Å². The number of hydrogen-bond acceptors (Lipinski definition) is 5. The molecule has 1 amide bonds. The van der Waals surface area contributed by atoms with Crippen LogP contribution in [0.25, 0.3) is 22.2 Å². The van der Waals surface area contributed by atoms with Crippen LogP contribution in [0, 0.1) is 0 Å². The zero-order valence-corrected chi connectivity index (χ0v) is 17.4. The molecule has 0 spiro atoms. The molecule has 1 aromatic heterocycles. The molecule has 0 aliphatic carbocycles. The van der Waals surface area contributed by atoms with E-state index in [2.05, 4.69) is 39.8 Å². The number of rotatable bonds is 6. The Balaban J connectivity index is 1.42. The van der Waals surface area contributed by atoms with E-state index in [1.165, 1.54) is 24.1 Å². The lowest BCUT2D eigenvalue weighted by Gasteiger charge is -2.07. The second kappa shape index (κ2) is 8.51. The minimum Gasteiger partial charge on any atom is -0.325 e. The van der Waals surface area contributed by atoms with Crippen LogP contribution in [0.3, 0.4) is 0 Å². The van der Waals surface area contributed by atoms with E-state index in [4.69, 9.17) is 0 Å². The zero-order chi connectivity index (χ0) is 21.1. The molecule has 150 valence electrons. The number of thioether (sulfide) groups is 1. The highest BCUT2D eigenvalue weighted by molar-refractivity contribution is 7.99. The van der Waals surface area contributed by atoms with Crippen LogP contribution in [0.5, 0.6) is 0 Å². The van der Waals surface area contributed by atoms with Gasteiger partial charge in [0.2, 0.25) is 5.91 Å². The Morgan fingerprint density at radius 1 is 0.967 bits per heavy atom. The van der Waals surface area contributed by atoms with Gasteiger partial charge in [-0.2, -0.15) is 0 Å². The van der Waals surface area contributed by atoms with E-state index >= 15 is 0 Å². The smallest absolute Gasteiger partial charge is 0.234 e. The summed E-state index contributed by atoms with van der Waals surface area (Å²) in [6, 6.07) is 21.2. The number of nitrogens with one attached hydrogen (secondary N) is 1. The Morgan fingerprint density at radius 2 is 1.70 bits per heavy atom. The van der Waals surface area contributed by atoms with Gasteiger partial charge >= 0.3 is 0 Å². The first-order chi connectivity index (χ1) is 14.5. The molecular formula is C23H20N4O2S. The molecule has 4 aromatic rings. The van der Waals surface area contributed by atoms with Gasteiger partial charge in [0.05, 0.1) is 5.75 Å². The number of benzene rings is 3. The number of hydrogen-bond donors (Lipinski definition) is 1. The third-order valence-electron chi connectivity index (χ3n) is 4.75. The van der Waals surface area contributed by atoms with Crippen molar-refractivity contribution in [2.24, 2.45) is 7.05 Å². The van der Waals surface area contributed by atoms with Crippen LogP contribution in [0.4, 0.5) is 5.69 Å². The molecule has 1 N–H and O–H groups in total. The van der Waals surface area contributed by atoms with E-state index in [1.807, 2.05) is 29.8 Å². The van der Waals surface area contributed by atoms with Gasteiger partial charge < -0.3 is 9.88 Å². The highest BCUT2D eigenvalue weighted by atomic mass is 32.2. The molecule has 6 nitrogen and oxygen atoms in total. The van der Waals surface area contributed by atoms with Gasteiger partial charge in [-0.15, -0.1) is 10.2 Å². The van der Waals surface area contributed by atoms with Gasteiger partial charge in [0.25, 0.3) is 0 Å². The van der Waals surface area contributed by atoms with Crippen LogP contribution < -0.4 is 5.32 Å². The van der Waals surface area contributed by atoms with Crippen molar-refractivity contribution >= 4 is 39.9 Å². The largest absolute Gasteiger partial charge is 0.325 e. The molecule has 0 aliphatic rings. The fourth-order valence-corrected chi connectivity index (χ4v) is 3.85. The molecule has 0 bridgehead atoms. The molecule has 0 saturated heterocycles. The topological polar surface area (TPSA) is 76.9 Å². The van der Waals surface area contributed by atoms with Gasteiger partial charge in [-0.3, -0.25) is 9.59 Å². The van der Waals surface area contributed by atoms with E-state index in [0.717, 1.165) is 16.8 Å². The molecule has 3 aromatic carbocycles. The van der Waals surface area contributed by atoms with Crippen molar-refractivity contribution in [2.45, 2.75) is 12.1 Å². The number of anilines is 1. The van der Waals surface area contributed by atoms with Gasteiger partial charge in [0, 0.05) is 23.9 Å². The van der Waals surface area contributed by atoms with Crippen molar-refractivity contribution in [2.75, 3.05) is 11.1 Å². The Morgan fingerprint density at radius 3 is 2.43 bits per heavy atom. The summed E-state index contributed by atoms with van der Waals surface area (Å²) in [5.74, 6) is 0.806. The number of carbonyl (C=O) groups excluding carboxylic acids is 2. The summed E-state index contributed by atoms with van der Waals surface area (Å²) in [4.78, 5) is 23.6. The molecule has 30 heavy (non-hydrogen) atoms. The SMILES string of the molecule is CC(=O)c1ccc(NC(=O)CSc2nnc(-c3ccc4ccccc4c3)n2C)cc1. The molecule has 0 fully saturated rings. The van der Waals surface area contributed by atoms with E-state index < -0.39 is 0 Å². The first-order valence-corrected chi connectivity index (χ1v) is 10.4. The number of amides is 1. The summed E-state index contributed by atoms with van der Waals surface area (Å²) in [5.41, 5.74) is 2.24. The molecule has 0 saturated carbocycles. The van der Waals surface area contributed by atoms with Crippen LogP contribution in [-0.4, -0.2) is 32.2 Å². The van der Waals surface area contributed by atoms with Crippen molar-refractivity contribution < 1.29 is 9.59 Å². The molecule has 0 atom stereocenters. The van der Waals surface area contributed by atoms with Crippen molar-refractivity contribution in [1.82, 2.24) is 14.8 Å². The Hall–Kier alpha value is -3.45. The lowest BCUT2D eigenvalue weighted by Crippen LogP contribution is -2.14. The summed E-state index contributed by atoms with van der Waals surface area (Å²) in [5, 5.41) is 14.4. The summed E-state index contributed by atoms with van der Waals surface area (Å²) in [7, 11) is 1.89. The molecular weight excluding hydrogens is 396 g/mol. The lowest BCUT2D eigenvalue weighted by atomic mass is 10.1. The van der Waals surface area contributed by atoms with Crippen LogP contribution in [-0.2, 0) is 11.8 Å². The first-order valence-electron chi connectivity index (χ1n) is 9.43. The minimum absolute atomic E-state index is 0.00654. The van der Waals surface area contributed by atoms with Crippen LogP contribution in [0.1, 0.15) is 17.3 Å². The van der Waals surface area contributed by atoms with Gasteiger partial charge in [-0.05, 0) is 48.0 Å². The van der Waals surface area contributed by atoms with E-state index in [0.29, 0.717) is 16.4 Å².